The molecule has 2 nitrogen and oxygen atoms in total. The highest BCUT2D eigenvalue weighted by atomic mass is 15.2. The molecule has 1 aliphatic heterocycles. The number of para-hydroxylation sites is 1. The number of aromatic nitrogens is 1. The Bertz CT molecular complexity index is 598. The summed E-state index contributed by atoms with van der Waals surface area (Å²) >= 11 is 0. The van der Waals surface area contributed by atoms with Crippen molar-refractivity contribution in [2.45, 2.75) is 31.7 Å². The first kappa shape index (κ1) is 10.6. The lowest BCUT2D eigenvalue weighted by Crippen LogP contribution is -2.26. The SMILES string of the molecule is CC1[C@@H]2c3c([nH]c4ccccc34)CC[C@@H]2CN1C. The Labute approximate surface area is 108 Å². The molecule has 2 heterocycles. The minimum absolute atomic E-state index is 0.674. The molecule has 1 saturated heterocycles. The van der Waals surface area contributed by atoms with Crippen LogP contribution in [0.1, 0.15) is 30.5 Å². The standard InChI is InChI=1S/C16H20N2/c1-10-15-11(9-18(10)2)7-8-14-16(15)12-5-3-4-6-13(12)17-14/h3-6,10-11,15,17H,7-9H2,1-2H3/t10?,11-,15+/m1/s1. The fourth-order valence-electron chi connectivity index (χ4n) is 4.19. The molecule has 1 aromatic heterocycles. The number of likely N-dealkylation sites (N-methyl/N-ethyl adjacent to an activating group) is 1. The van der Waals surface area contributed by atoms with Gasteiger partial charge in [-0.1, -0.05) is 18.2 Å². The zero-order valence-corrected chi connectivity index (χ0v) is 11.1. The molecule has 18 heavy (non-hydrogen) atoms. The zero-order valence-electron chi connectivity index (χ0n) is 11.1. The van der Waals surface area contributed by atoms with Gasteiger partial charge in [-0.2, -0.15) is 0 Å². The molecule has 2 aliphatic rings. The van der Waals surface area contributed by atoms with Gasteiger partial charge in [0.25, 0.3) is 0 Å². The van der Waals surface area contributed by atoms with Crippen LogP contribution in [0, 0.1) is 5.92 Å². The first-order valence-corrected chi connectivity index (χ1v) is 7.05. The van der Waals surface area contributed by atoms with Gasteiger partial charge in [0.2, 0.25) is 0 Å². The second-order valence-corrected chi connectivity index (χ2v) is 6.07. The maximum absolute atomic E-state index is 3.65. The highest BCUT2D eigenvalue weighted by molar-refractivity contribution is 5.85. The van der Waals surface area contributed by atoms with Crippen LogP contribution in [-0.2, 0) is 6.42 Å². The van der Waals surface area contributed by atoms with Crippen molar-refractivity contribution in [1.29, 1.82) is 0 Å². The average molecular weight is 240 g/mol. The van der Waals surface area contributed by atoms with Crippen LogP contribution in [0.3, 0.4) is 0 Å². The summed E-state index contributed by atoms with van der Waals surface area (Å²) in [5.74, 6) is 1.59. The van der Waals surface area contributed by atoms with E-state index in [0.717, 1.165) is 11.8 Å². The average Bonchev–Trinajstić information content (AvgIpc) is 2.88. The van der Waals surface area contributed by atoms with Gasteiger partial charge in [0.05, 0.1) is 0 Å². The molecule has 1 fully saturated rings. The number of nitrogens with one attached hydrogen (secondary N) is 1. The summed E-state index contributed by atoms with van der Waals surface area (Å²) < 4.78 is 0. The van der Waals surface area contributed by atoms with Crippen molar-refractivity contribution < 1.29 is 0 Å². The van der Waals surface area contributed by atoms with E-state index < -0.39 is 0 Å². The van der Waals surface area contributed by atoms with Crippen LogP contribution in [0.4, 0.5) is 0 Å². The zero-order chi connectivity index (χ0) is 12.3. The van der Waals surface area contributed by atoms with E-state index in [1.54, 1.807) is 5.56 Å². The van der Waals surface area contributed by atoms with Crippen molar-refractivity contribution in [3.8, 4) is 0 Å². The lowest BCUT2D eigenvalue weighted by molar-refractivity contribution is 0.317. The van der Waals surface area contributed by atoms with Crippen LogP contribution in [0.15, 0.2) is 24.3 Å². The second kappa shape index (κ2) is 3.61. The summed E-state index contributed by atoms with van der Waals surface area (Å²) in [6, 6.07) is 9.48. The maximum Gasteiger partial charge on any atom is 0.0459 e. The number of aromatic amines is 1. The minimum atomic E-state index is 0.674. The van der Waals surface area contributed by atoms with Gasteiger partial charge in [-0.05, 0) is 44.4 Å². The summed E-state index contributed by atoms with van der Waals surface area (Å²) in [7, 11) is 2.28. The molecular weight excluding hydrogens is 220 g/mol. The summed E-state index contributed by atoms with van der Waals surface area (Å²) in [5, 5.41) is 1.46. The number of hydrogen-bond donors (Lipinski definition) is 1. The van der Waals surface area contributed by atoms with Crippen molar-refractivity contribution in [2.24, 2.45) is 5.92 Å². The van der Waals surface area contributed by atoms with Crippen molar-refractivity contribution >= 4 is 10.9 Å². The molecule has 0 saturated carbocycles. The number of hydrogen-bond acceptors (Lipinski definition) is 1. The Balaban J connectivity index is 1.95. The Hall–Kier alpha value is -1.28. The number of likely N-dealkylation sites (tertiary alicyclic amines) is 1. The van der Waals surface area contributed by atoms with Gasteiger partial charge in [0.1, 0.15) is 0 Å². The molecule has 0 bridgehead atoms. The van der Waals surface area contributed by atoms with E-state index in [0.29, 0.717) is 6.04 Å². The van der Waals surface area contributed by atoms with Crippen LogP contribution >= 0.6 is 0 Å². The quantitative estimate of drug-likeness (QED) is 0.749. The Morgan fingerprint density at radius 2 is 2.11 bits per heavy atom. The van der Waals surface area contributed by atoms with E-state index in [2.05, 4.69) is 48.1 Å². The number of fused-ring (bicyclic) bond motifs is 5. The molecule has 1 unspecified atom stereocenters. The molecular formula is C16H20N2. The number of benzene rings is 1. The maximum atomic E-state index is 3.65. The molecule has 4 rings (SSSR count). The van der Waals surface area contributed by atoms with Gasteiger partial charge in [-0.25, -0.2) is 0 Å². The molecule has 1 N–H and O–H groups in total. The second-order valence-electron chi connectivity index (χ2n) is 6.07. The van der Waals surface area contributed by atoms with Crippen molar-refractivity contribution in [3.05, 3.63) is 35.5 Å². The molecule has 0 spiro atoms. The first-order valence-electron chi connectivity index (χ1n) is 7.05. The largest absolute Gasteiger partial charge is 0.358 e. The number of nitrogens with zero attached hydrogens (tertiary/aromatic N) is 1. The fraction of sp³-hybridized carbons (Fsp3) is 0.500. The summed E-state index contributed by atoms with van der Waals surface area (Å²) in [5.41, 5.74) is 4.45. The fourth-order valence-corrected chi connectivity index (χ4v) is 4.19. The minimum Gasteiger partial charge on any atom is -0.358 e. The lowest BCUT2D eigenvalue weighted by atomic mass is 9.76. The van der Waals surface area contributed by atoms with E-state index >= 15 is 0 Å². The van der Waals surface area contributed by atoms with Crippen LogP contribution in [0.2, 0.25) is 0 Å². The third-order valence-electron chi connectivity index (χ3n) is 5.17. The number of rotatable bonds is 0. The van der Waals surface area contributed by atoms with Gasteiger partial charge in [0.15, 0.2) is 0 Å². The summed E-state index contributed by atoms with van der Waals surface area (Å²) in [6.07, 6.45) is 2.57. The summed E-state index contributed by atoms with van der Waals surface area (Å²) in [4.78, 5) is 6.18. The van der Waals surface area contributed by atoms with Crippen molar-refractivity contribution in [3.63, 3.8) is 0 Å². The molecule has 2 heteroatoms. The van der Waals surface area contributed by atoms with E-state index in [1.807, 2.05) is 0 Å². The van der Waals surface area contributed by atoms with Crippen molar-refractivity contribution in [1.82, 2.24) is 9.88 Å². The smallest absolute Gasteiger partial charge is 0.0459 e. The van der Waals surface area contributed by atoms with Gasteiger partial charge in [0, 0.05) is 35.1 Å². The van der Waals surface area contributed by atoms with Crippen LogP contribution in [0.25, 0.3) is 10.9 Å². The van der Waals surface area contributed by atoms with Crippen LogP contribution in [-0.4, -0.2) is 29.5 Å². The van der Waals surface area contributed by atoms with Crippen LogP contribution < -0.4 is 0 Å². The highest BCUT2D eigenvalue weighted by Gasteiger charge is 2.42. The van der Waals surface area contributed by atoms with Gasteiger partial charge >= 0.3 is 0 Å². The van der Waals surface area contributed by atoms with Gasteiger partial charge in [-0.15, -0.1) is 0 Å². The van der Waals surface area contributed by atoms with E-state index in [9.17, 15) is 0 Å². The Morgan fingerprint density at radius 3 is 3.00 bits per heavy atom. The normalized spacial score (nSPS) is 31.6. The molecule has 0 amide bonds. The van der Waals surface area contributed by atoms with Gasteiger partial charge in [-0.3, -0.25) is 0 Å². The molecule has 1 aliphatic carbocycles. The lowest BCUT2D eigenvalue weighted by Gasteiger charge is -2.28. The van der Waals surface area contributed by atoms with Gasteiger partial charge < -0.3 is 9.88 Å². The number of H-pyrrole nitrogens is 1. The Kier molecular flexibility index (Phi) is 2.13. The molecule has 2 aromatic rings. The molecule has 3 atom stereocenters. The summed E-state index contributed by atoms with van der Waals surface area (Å²) in [6.45, 7) is 3.66. The number of aryl methyl sites for hydroxylation is 1. The third kappa shape index (κ3) is 1.27. The monoisotopic (exact) mass is 240 g/mol. The predicted molar refractivity (Wildman–Crippen MR) is 74.9 cm³/mol. The molecule has 1 aromatic carbocycles. The first-order chi connectivity index (χ1) is 8.75. The van der Waals surface area contributed by atoms with E-state index in [4.69, 9.17) is 0 Å². The van der Waals surface area contributed by atoms with E-state index in [1.165, 1.54) is 36.0 Å². The molecule has 94 valence electrons. The highest BCUT2D eigenvalue weighted by Crippen LogP contribution is 2.47. The van der Waals surface area contributed by atoms with E-state index in [-0.39, 0.29) is 0 Å². The predicted octanol–water partition coefficient (Wildman–Crippen LogP) is 3.15. The third-order valence-corrected chi connectivity index (χ3v) is 5.17. The van der Waals surface area contributed by atoms with Crippen molar-refractivity contribution in [2.75, 3.05) is 13.6 Å². The topological polar surface area (TPSA) is 19.0 Å². The molecule has 0 radical (unpaired) electrons. The Morgan fingerprint density at radius 1 is 1.28 bits per heavy atom. The van der Waals surface area contributed by atoms with Crippen LogP contribution in [0.5, 0.6) is 0 Å².